The lowest BCUT2D eigenvalue weighted by Gasteiger charge is -2.06. The lowest BCUT2D eigenvalue weighted by atomic mass is 10.1. The molecule has 5 rings (SSSR count). The van der Waals surface area contributed by atoms with Gasteiger partial charge in [0.05, 0.1) is 9.90 Å². The summed E-state index contributed by atoms with van der Waals surface area (Å²) in [7, 11) is 0. The standard InChI is InChI=1S/C22H15BrN2O2S3.BrH/c1-28-21-17(9-19(30-21)20(26)27)18-10-29-22(25-18)24-14-3-5-16-12(8-14)6-11-7-13(23)2-4-15(11)16;/h2-5,7-10H,6H2,1H3,(H,24,25)(H,26,27);1H. The number of hydrogen-bond acceptors (Lipinski definition) is 6. The van der Waals surface area contributed by atoms with E-state index in [1.54, 1.807) is 17.8 Å². The number of carboxylic acid groups (broad SMARTS) is 1. The Balaban J connectivity index is 0.00000231. The van der Waals surface area contributed by atoms with Crippen molar-refractivity contribution in [1.29, 1.82) is 0 Å². The molecule has 0 saturated heterocycles. The molecule has 4 aromatic rings. The van der Waals surface area contributed by atoms with Gasteiger partial charge in [-0.15, -0.1) is 51.4 Å². The van der Waals surface area contributed by atoms with E-state index in [0.29, 0.717) is 4.88 Å². The predicted molar refractivity (Wildman–Crippen MR) is 140 cm³/mol. The van der Waals surface area contributed by atoms with E-state index < -0.39 is 5.97 Å². The van der Waals surface area contributed by atoms with E-state index in [4.69, 9.17) is 4.98 Å². The zero-order valence-corrected chi connectivity index (χ0v) is 21.9. The van der Waals surface area contributed by atoms with Crippen LogP contribution in [0.2, 0.25) is 0 Å². The lowest BCUT2D eigenvalue weighted by molar-refractivity contribution is 0.0702. The fourth-order valence-corrected chi connectivity index (χ4v) is 6.51. The zero-order valence-electron chi connectivity index (χ0n) is 16.1. The van der Waals surface area contributed by atoms with Gasteiger partial charge < -0.3 is 10.4 Å². The highest BCUT2D eigenvalue weighted by Crippen LogP contribution is 2.41. The molecule has 0 radical (unpaired) electrons. The summed E-state index contributed by atoms with van der Waals surface area (Å²) >= 11 is 7.91. The van der Waals surface area contributed by atoms with Gasteiger partial charge in [-0.05, 0) is 65.3 Å². The number of nitrogens with one attached hydrogen (secondary N) is 1. The molecule has 2 heterocycles. The Hall–Kier alpha value is -1.65. The van der Waals surface area contributed by atoms with E-state index >= 15 is 0 Å². The van der Waals surface area contributed by atoms with Crippen LogP contribution in [-0.2, 0) is 6.42 Å². The average molecular weight is 596 g/mol. The molecule has 1 aliphatic carbocycles. The topological polar surface area (TPSA) is 62.2 Å². The van der Waals surface area contributed by atoms with Gasteiger partial charge >= 0.3 is 5.97 Å². The molecule has 0 saturated carbocycles. The van der Waals surface area contributed by atoms with Crippen molar-refractivity contribution in [3.8, 4) is 22.4 Å². The van der Waals surface area contributed by atoms with Crippen LogP contribution < -0.4 is 5.32 Å². The normalized spacial score (nSPS) is 11.5. The van der Waals surface area contributed by atoms with E-state index in [1.165, 1.54) is 44.9 Å². The second-order valence-electron chi connectivity index (χ2n) is 6.83. The Morgan fingerprint density at radius 1 is 1.13 bits per heavy atom. The summed E-state index contributed by atoms with van der Waals surface area (Å²) in [6.07, 6.45) is 2.88. The number of thiophene rings is 1. The number of nitrogens with zero attached hydrogens (tertiary/aromatic N) is 1. The molecule has 2 aromatic heterocycles. The summed E-state index contributed by atoms with van der Waals surface area (Å²) in [6.45, 7) is 0. The molecule has 0 amide bonds. The molecule has 1 aliphatic rings. The number of halogens is 2. The molecular weight excluding hydrogens is 580 g/mol. The van der Waals surface area contributed by atoms with Crippen molar-refractivity contribution < 1.29 is 9.90 Å². The number of anilines is 2. The first kappa shape index (κ1) is 22.5. The molecule has 0 unspecified atom stereocenters. The number of thiazole rings is 1. The molecular formula is C22H16Br2N2O2S3. The van der Waals surface area contributed by atoms with Gasteiger partial charge in [0.25, 0.3) is 0 Å². The van der Waals surface area contributed by atoms with Crippen LogP contribution in [0.5, 0.6) is 0 Å². The van der Waals surface area contributed by atoms with E-state index in [9.17, 15) is 9.90 Å². The summed E-state index contributed by atoms with van der Waals surface area (Å²) in [5.41, 5.74) is 7.91. The minimum absolute atomic E-state index is 0. The Labute approximate surface area is 210 Å². The number of carbonyl (C=O) groups is 1. The highest BCUT2D eigenvalue weighted by atomic mass is 79.9. The van der Waals surface area contributed by atoms with Crippen LogP contribution in [0.15, 0.2) is 56.5 Å². The average Bonchev–Trinajstić information content (AvgIpc) is 3.43. The monoisotopic (exact) mass is 594 g/mol. The van der Waals surface area contributed by atoms with Crippen molar-refractivity contribution in [3.05, 3.63) is 68.3 Å². The Morgan fingerprint density at radius 2 is 1.87 bits per heavy atom. The van der Waals surface area contributed by atoms with Gasteiger partial charge in [0.1, 0.15) is 4.88 Å². The van der Waals surface area contributed by atoms with E-state index in [0.717, 1.165) is 37.2 Å². The fraction of sp³-hybridized carbons (Fsp3) is 0.0909. The molecule has 9 heteroatoms. The molecule has 0 atom stereocenters. The summed E-state index contributed by atoms with van der Waals surface area (Å²) in [6, 6.07) is 14.6. The quantitative estimate of drug-likeness (QED) is 0.202. The Bertz CT molecular complexity index is 1300. The van der Waals surface area contributed by atoms with E-state index in [1.807, 2.05) is 11.6 Å². The van der Waals surface area contributed by atoms with Gasteiger partial charge in [-0.3, -0.25) is 0 Å². The summed E-state index contributed by atoms with van der Waals surface area (Å²) in [5.74, 6) is -0.902. The van der Waals surface area contributed by atoms with Crippen LogP contribution in [-0.4, -0.2) is 22.3 Å². The second kappa shape index (κ2) is 9.07. The summed E-state index contributed by atoms with van der Waals surface area (Å²) in [5, 5.41) is 15.5. The number of aromatic carboxylic acids is 1. The van der Waals surface area contributed by atoms with Crippen LogP contribution in [0.1, 0.15) is 20.8 Å². The SMILES string of the molecule is Br.CSc1sc(C(=O)O)cc1-c1csc(Nc2ccc3c(c2)Cc2cc(Br)ccc2-3)n1. The molecule has 0 fully saturated rings. The van der Waals surface area contributed by atoms with Crippen LogP contribution in [0.3, 0.4) is 0 Å². The van der Waals surface area contributed by atoms with Gasteiger partial charge in [-0.1, -0.05) is 28.1 Å². The predicted octanol–water partition coefficient (Wildman–Crippen LogP) is 7.95. The third-order valence-corrected chi connectivity index (χ3v) is 8.48. The van der Waals surface area contributed by atoms with Crippen molar-refractivity contribution in [2.75, 3.05) is 11.6 Å². The lowest BCUT2D eigenvalue weighted by Crippen LogP contribution is -1.91. The maximum Gasteiger partial charge on any atom is 0.345 e. The molecule has 158 valence electrons. The van der Waals surface area contributed by atoms with Gasteiger partial charge in [0.15, 0.2) is 5.13 Å². The number of benzene rings is 2. The smallest absolute Gasteiger partial charge is 0.345 e. The Morgan fingerprint density at radius 3 is 2.61 bits per heavy atom. The van der Waals surface area contributed by atoms with Crippen molar-refractivity contribution in [3.63, 3.8) is 0 Å². The van der Waals surface area contributed by atoms with Crippen LogP contribution in [0.25, 0.3) is 22.4 Å². The fourth-order valence-electron chi connectivity index (χ4n) is 3.65. The second-order valence-corrected chi connectivity index (χ2v) is 10.7. The minimum Gasteiger partial charge on any atom is -0.477 e. The molecule has 4 nitrogen and oxygen atoms in total. The van der Waals surface area contributed by atoms with Crippen LogP contribution in [0, 0.1) is 0 Å². The number of carboxylic acids is 1. The molecule has 2 aromatic carbocycles. The number of hydrogen-bond donors (Lipinski definition) is 2. The summed E-state index contributed by atoms with van der Waals surface area (Å²) < 4.78 is 2.07. The van der Waals surface area contributed by atoms with E-state index in [-0.39, 0.29) is 17.0 Å². The molecule has 0 bridgehead atoms. The highest BCUT2D eigenvalue weighted by molar-refractivity contribution is 9.10. The first-order valence-corrected chi connectivity index (χ1v) is 12.8. The van der Waals surface area contributed by atoms with Gasteiger partial charge in [0.2, 0.25) is 0 Å². The molecule has 0 aliphatic heterocycles. The number of aromatic nitrogens is 1. The maximum atomic E-state index is 11.3. The van der Waals surface area contributed by atoms with E-state index in [2.05, 4.69) is 57.6 Å². The van der Waals surface area contributed by atoms with Gasteiger partial charge in [-0.2, -0.15) is 0 Å². The number of rotatable bonds is 5. The number of fused-ring (bicyclic) bond motifs is 3. The van der Waals surface area contributed by atoms with Crippen molar-refractivity contribution in [1.82, 2.24) is 4.98 Å². The molecule has 31 heavy (non-hydrogen) atoms. The number of thioether (sulfide) groups is 1. The van der Waals surface area contributed by atoms with Crippen molar-refractivity contribution in [2.24, 2.45) is 0 Å². The van der Waals surface area contributed by atoms with Crippen molar-refractivity contribution in [2.45, 2.75) is 10.6 Å². The molecule has 0 spiro atoms. The molecule has 2 N–H and O–H groups in total. The van der Waals surface area contributed by atoms with Crippen molar-refractivity contribution >= 4 is 84.1 Å². The third-order valence-electron chi connectivity index (χ3n) is 4.97. The summed E-state index contributed by atoms with van der Waals surface area (Å²) in [4.78, 5) is 16.4. The first-order valence-electron chi connectivity index (χ1n) is 9.07. The Kier molecular flexibility index (Phi) is 6.60. The maximum absolute atomic E-state index is 11.3. The first-order chi connectivity index (χ1) is 14.5. The zero-order chi connectivity index (χ0) is 20.8. The van der Waals surface area contributed by atoms with Gasteiger partial charge in [-0.25, -0.2) is 9.78 Å². The minimum atomic E-state index is -0.902. The highest BCUT2D eigenvalue weighted by Gasteiger charge is 2.20. The van der Waals surface area contributed by atoms with Crippen LogP contribution in [0.4, 0.5) is 10.8 Å². The van der Waals surface area contributed by atoms with Crippen LogP contribution >= 0.6 is 67.3 Å². The third kappa shape index (κ3) is 4.34. The van der Waals surface area contributed by atoms with Gasteiger partial charge in [0, 0.05) is 21.1 Å². The largest absolute Gasteiger partial charge is 0.477 e.